The summed E-state index contributed by atoms with van der Waals surface area (Å²) in [6.45, 7) is 1.91. The Labute approximate surface area is 95.8 Å². The summed E-state index contributed by atoms with van der Waals surface area (Å²) in [5, 5.41) is 3.36. The van der Waals surface area contributed by atoms with Crippen molar-refractivity contribution >= 4 is 0 Å². The summed E-state index contributed by atoms with van der Waals surface area (Å²) in [4.78, 5) is 0. The molecule has 16 heavy (non-hydrogen) atoms. The van der Waals surface area contributed by atoms with Crippen LogP contribution in [0.2, 0.25) is 0 Å². The van der Waals surface area contributed by atoms with Crippen LogP contribution in [0.1, 0.15) is 24.3 Å². The lowest BCUT2D eigenvalue weighted by atomic mass is 9.90. The molecule has 0 unspecified atom stereocenters. The number of nitrogens with one attached hydrogen (secondary N) is 1. The third kappa shape index (κ3) is 2.95. The molecule has 0 aromatic heterocycles. The van der Waals surface area contributed by atoms with E-state index in [0.29, 0.717) is 5.92 Å². The van der Waals surface area contributed by atoms with Crippen molar-refractivity contribution in [3.8, 4) is 5.75 Å². The van der Waals surface area contributed by atoms with Gasteiger partial charge in [-0.15, -0.1) is 0 Å². The molecule has 0 atom stereocenters. The van der Waals surface area contributed by atoms with E-state index in [9.17, 15) is 4.39 Å². The molecule has 0 bridgehead atoms. The van der Waals surface area contributed by atoms with Crippen LogP contribution < -0.4 is 10.1 Å². The maximum atomic E-state index is 11.9. The average molecular weight is 223 g/mol. The van der Waals surface area contributed by atoms with Gasteiger partial charge in [0.15, 0.2) is 0 Å². The summed E-state index contributed by atoms with van der Waals surface area (Å²) < 4.78 is 17.1. The molecule has 1 aliphatic rings. The highest BCUT2D eigenvalue weighted by Gasteiger charge is 2.14. The largest absolute Gasteiger partial charge is 0.491 e. The summed E-state index contributed by atoms with van der Waals surface area (Å²) >= 11 is 0. The second-order valence-corrected chi connectivity index (χ2v) is 4.13. The molecular weight excluding hydrogens is 205 g/mol. The van der Waals surface area contributed by atoms with E-state index in [-0.39, 0.29) is 6.61 Å². The first-order valence-electron chi connectivity index (χ1n) is 5.89. The van der Waals surface area contributed by atoms with E-state index in [1.54, 1.807) is 0 Å². The Bertz CT molecular complexity index is 306. The maximum Gasteiger partial charge on any atom is 0.123 e. The van der Waals surface area contributed by atoms with Crippen LogP contribution in [0.15, 0.2) is 24.3 Å². The standard InChI is InChI=1S/C13H18FNO/c14-7-10-16-13-3-1-11(2-4-13)12-5-8-15-9-6-12/h1-4,12,15H,5-10H2. The van der Waals surface area contributed by atoms with Gasteiger partial charge < -0.3 is 10.1 Å². The van der Waals surface area contributed by atoms with Crippen LogP contribution in [-0.2, 0) is 0 Å². The van der Waals surface area contributed by atoms with Gasteiger partial charge in [-0.1, -0.05) is 12.1 Å². The molecule has 1 aliphatic heterocycles. The van der Waals surface area contributed by atoms with Crippen LogP contribution >= 0.6 is 0 Å². The van der Waals surface area contributed by atoms with E-state index >= 15 is 0 Å². The van der Waals surface area contributed by atoms with Crippen LogP contribution in [0.3, 0.4) is 0 Å². The van der Waals surface area contributed by atoms with Crippen molar-refractivity contribution in [1.82, 2.24) is 5.32 Å². The third-order valence-corrected chi connectivity index (χ3v) is 3.04. The van der Waals surface area contributed by atoms with E-state index in [1.165, 1.54) is 18.4 Å². The monoisotopic (exact) mass is 223 g/mol. The summed E-state index contributed by atoms with van der Waals surface area (Å²) in [6, 6.07) is 8.08. The van der Waals surface area contributed by atoms with Gasteiger partial charge in [0.25, 0.3) is 0 Å². The van der Waals surface area contributed by atoms with Gasteiger partial charge in [-0.25, -0.2) is 4.39 Å². The van der Waals surface area contributed by atoms with Crippen LogP contribution in [0, 0.1) is 0 Å². The molecule has 3 heteroatoms. The molecule has 1 saturated heterocycles. The number of piperidine rings is 1. The predicted molar refractivity (Wildman–Crippen MR) is 62.8 cm³/mol. The first kappa shape index (κ1) is 11.4. The molecule has 2 nitrogen and oxygen atoms in total. The van der Waals surface area contributed by atoms with Gasteiger partial charge in [0.1, 0.15) is 19.0 Å². The van der Waals surface area contributed by atoms with Gasteiger partial charge in [0.05, 0.1) is 0 Å². The van der Waals surface area contributed by atoms with Crippen LogP contribution in [0.25, 0.3) is 0 Å². The molecule has 0 radical (unpaired) electrons. The molecule has 1 N–H and O–H groups in total. The van der Waals surface area contributed by atoms with Crippen LogP contribution in [-0.4, -0.2) is 26.4 Å². The number of benzene rings is 1. The van der Waals surface area contributed by atoms with Crippen molar-refractivity contribution < 1.29 is 9.13 Å². The molecule has 0 aliphatic carbocycles. The number of hydrogen-bond donors (Lipinski definition) is 1. The predicted octanol–water partition coefficient (Wildman–Crippen LogP) is 2.50. The van der Waals surface area contributed by atoms with E-state index < -0.39 is 6.67 Å². The number of alkyl halides is 1. The molecule has 0 saturated carbocycles. The van der Waals surface area contributed by atoms with Crippen molar-refractivity contribution in [3.05, 3.63) is 29.8 Å². The second kappa shape index (κ2) is 5.85. The molecule has 0 amide bonds. The van der Waals surface area contributed by atoms with Gasteiger partial charge in [0, 0.05) is 0 Å². The number of ether oxygens (including phenoxy) is 1. The molecular formula is C13H18FNO. The lowest BCUT2D eigenvalue weighted by molar-refractivity contribution is 0.273. The van der Waals surface area contributed by atoms with E-state index in [1.807, 2.05) is 12.1 Å². The zero-order valence-corrected chi connectivity index (χ0v) is 9.42. The highest BCUT2D eigenvalue weighted by atomic mass is 19.1. The smallest absolute Gasteiger partial charge is 0.123 e. The van der Waals surface area contributed by atoms with E-state index in [4.69, 9.17) is 4.74 Å². The summed E-state index contributed by atoms with van der Waals surface area (Å²) in [5.41, 5.74) is 1.37. The summed E-state index contributed by atoms with van der Waals surface area (Å²) in [5.74, 6) is 1.42. The lowest BCUT2D eigenvalue weighted by Gasteiger charge is -2.23. The first-order valence-corrected chi connectivity index (χ1v) is 5.89. The quantitative estimate of drug-likeness (QED) is 0.846. The Hall–Kier alpha value is -1.09. The lowest BCUT2D eigenvalue weighted by Crippen LogP contribution is -2.26. The van der Waals surface area contributed by atoms with Crippen molar-refractivity contribution in [1.29, 1.82) is 0 Å². The van der Waals surface area contributed by atoms with Gasteiger partial charge in [0.2, 0.25) is 0 Å². The normalized spacial score (nSPS) is 17.3. The average Bonchev–Trinajstić information content (AvgIpc) is 2.38. The fourth-order valence-corrected chi connectivity index (χ4v) is 2.15. The Morgan fingerprint density at radius 3 is 2.50 bits per heavy atom. The van der Waals surface area contributed by atoms with Gasteiger partial charge in [-0.3, -0.25) is 0 Å². The number of rotatable bonds is 4. The Balaban J connectivity index is 1.95. The highest BCUT2D eigenvalue weighted by Crippen LogP contribution is 2.26. The number of halogens is 1. The topological polar surface area (TPSA) is 21.3 Å². The SMILES string of the molecule is FCCOc1ccc(C2CCNCC2)cc1. The second-order valence-electron chi connectivity index (χ2n) is 4.13. The zero-order valence-electron chi connectivity index (χ0n) is 9.42. The van der Waals surface area contributed by atoms with E-state index in [0.717, 1.165) is 18.8 Å². The summed E-state index contributed by atoms with van der Waals surface area (Å²) in [7, 11) is 0. The summed E-state index contributed by atoms with van der Waals surface area (Å²) in [6.07, 6.45) is 2.40. The molecule has 88 valence electrons. The molecule has 0 spiro atoms. The Morgan fingerprint density at radius 1 is 1.19 bits per heavy atom. The van der Waals surface area contributed by atoms with Gasteiger partial charge in [-0.05, 0) is 49.5 Å². The van der Waals surface area contributed by atoms with Crippen molar-refractivity contribution in [2.45, 2.75) is 18.8 Å². The minimum Gasteiger partial charge on any atom is -0.491 e. The molecule has 1 aromatic rings. The van der Waals surface area contributed by atoms with Crippen molar-refractivity contribution in [3.63, 3.8) is 0 Å². The third-order valence-electron chi connectivity index (χ3n) is 3.04. The van der Waals surface area contributed by atoms with E-state index in [2.05, 4.69) is 17.4 Å². The minimum absolute atomic E-state index is 0.146. The number of hydrogen-bond acceptors (Lipinski definition) is 2. The Morgan fingerprint density at radius 2 is 1.88 bits per heavy atom. The Kier molecular flexibility index (Phi) is 4.17. The minimum atomic E-state index is -0.434. The zero-order chi connectivity index (χ0) is 11.2. The fourth-order valence-electron chi connectivity index (χ4n) is 2.15. The van der Waals surface area contributed by atoms with Crippen LogP contribution in [0.4, 0.5) is 4.39 Å². The molecule has 1 fully saturated rings. The van der Waals surface area contributed by atoms with Gasteiger partial charge in [-0.2, -0.15) is 0 Å². The van der Waals surface area contributed by atoms with Crippen molar-refractivity contribution in [2.24, 2.45) is 0 Å². The molecule has 1 heterocycles. The highest BCUT2D eigenvalue weighted by molar-refractivity contribution is 5.29. The van der Waals surface area contributed by atoms with Gasteiger partial charge >= 0.3 is 0 Å². The van der Waals surface area contributed by atoms with Crippen LogP contribution in [0.5, 0.6) is 5.75 Å². The molecule has 1 aromatic carbocycles. The maximum absolute atomic E-state index is 11.9. The first-order chi connectivity index (χ1) is 7.90. The van der Waals surface area contributed by atoms with Crippen molar-refractivity contribution in [2.75, 3.05) is 26.4 Å². The molecule has 2 rings (SSSR count). The fraction of sp³-hybridized carbons (Fsp3) is 0.538.